The van der Waals surface area contributed by atoms with E-state index in [2.05, 4.69) is 16.0 Å². The number of para-hydroxylation sites is 1. The summed E-state index contributed by atoms with van der Waals surface area (Å²) in [4.78, 5) is 38.6. The van der Waals surface area contributed by atoms with E-state index in [4.69, 9.17) is 4.74 Å². The number of carbonyl (C=O) groups is 2. The number of benzene rings is 2. The van der Waals surface area contributed by atoms with Crippen molar-refractivity contribution in [2.45, 2.75) is 6.10 Å². The zero-order valence-corrected chi connectivity index (χ0v) is 18.4. The quantitative estimate of drug-likeness (QED) is 0.495. The van der Waals surface area contributed by atoms with Crippen LogP contribution in [0.15, 0.2) is 77.6 Å². The van der Waals surface area contributed by atoms with Crippen LogP contribution in [0.25, 0.3) is 0 Å². The predicted octanol–water partition coefficient (Wildman–Crippen LogP) is 3.73. The fourth-order valence-corrected chi connectivity index (χ4v) is 3.55. The number of halogens is 1. The molecular weight excluding hydrogens is 439 g/mol. The normalized spacial score (nSPS) is 15.1. The molecule has 1 fully saturated rings. The number of rotatable bonds is 7. The molecule has 0 aliphatic carbocycles. The molecule has 0 bridgehead atoms. The fourth-order valence-electron chi connectivity index (χ4n) is 3.55. The summed E-state index contributed by atoms with van der Waals surface area (Å²) in [6, 6.07) is 18.7. The molecule has 1 aliphatic heterocycles. The smallest absolute Gasteiger partial charge is 0.414 e. The number of anilines is 4. The van der Waals surface area contributed by atoms with Gasteiger partial charge in [0.05, 0.1) is 23.6 Å². The molecule has 4 rings (SSSR count). The number of carbonyl (C=O) groups excluding carboxylic acids is 2. The number of likely N-dealkylation sites (N-methyl/N-ethyl adjacent to an activating group) is 1. The van der Waals surface area contributed by atoms with Gasteiger partial charge in [-0.2, -0.15) is 0 Å². The van der Waals surface area contributed by atoms with Gasteiger partial charge in [0.2, 0.25) is 5.43 Å². The van der Waals surface area contributed by atoms with Gasteiger partial charge in [-0.25, -0.2) is 9.18 Å². The molecule has 0 saturated carbocycles. The highest BCUT2D eigenvalue weighted by molar-refractivity contribution is 6.04. The summed E-state index contributed by atoms with van der Waals surface area (Å²) < 4.78 is 20.1. The van der Waals surface area contributed by atoms with E-state index in [-0.39, 0.29) is 23.0 Å². The second-order valence-electron chi connectivity index (χ2n) is 7.69. The van der Waals surface area contributed by atoms with E-state index in [0.717, 1.165) is 0 Å². The summed E-state index contributed by atoms with van der Waals surface area (Å²) in [5.41, 5.74) is 0.817. The van der Waals surface area contributed by atoms with Crippen LogP contribution in [0.3, 0.4) is 0 Å². The summed E-state index contributed by atoms with van der Waals surface area (Å²) in [6.45, 7) is 0.785. The van der Waals surface area contributed by atoms with Crippen LogP contribution in [0.4, 0.5) is 31.9 Å². The van der Waals surface area contributed by atoms with Crippen LogP contribution in [0.5, 0.6) is 0 Å². The Morgan fingerprint density at radius 2 is 1.82 bits per heavy atom. The van der Waals surface area contributed by atoms with Crippen molar-refractivity contribution in [3.8, 4) is 0 Å². The van der Waals surface area contributed by atoms with Gasteiger partial charge >= 0.3 is 6.09 Å². The van der Waals surface area contributed by atoms with Gasteiger partial charge in [0, 0.05) is 17.8 Å². The minimum atomic E-state index is -0.663. The van der Waals surface area contributed by atoms with E-state index in [1.54, 1.807) is 37.4 Å². The van der Waals surface area contributed by atoms with Crippen molar-refractivity contribution in [1.82, 2.24) is 5.32 Å². The molecule has 174 valence electrons. The number of hydrogen-bond donors (Lipinski definition) is 3. The molecule has 34 heavy (non-hydrogen) atoms. The highest BCUT2D eigenvalue weighted by Gasteiger charge is 2.32. The molecule has 3 N–H and O–H groups in total. The Balaban J connectivity index is 1.55. The maximum atomic E-state index is 14.9. The standard InChI is InChI=1S/C25H23FN4O4/c1-27-14-19-15-30(25(33)34-19)18-10-11-21(20(26)13-18)29-22-12-16(6-5-9-23(22)31)24(32)28-17-7-3-2-4-8-17/h2-13,19,27H,14-15H2,1H3,(H,28,32)(H,29,31). The summed E-state index contributed by atoms with van der Waals surface area (Å²) in [5.74, 6) is -1.08. The van der Waals surface area contributed by atoms with Gasteiger partial charge < -0.3 is 20.7 Å². The maximum absolute atomic E-state index is 14.9. The Hall–Kier alpha value is -4.24. The van der Waals surface area contributed by atoms with E-state index in [9.17, 15) is 18.8 Å². The number of amides is 2. The predicted molar refractivity (Wildman–Crippen MR) is 128 cm³/mol. The Bertz CT molecular complexity index is 1270. The average molecular weight is 462 g/mol. The zero-order valence-electron chi connectivity index (χ0n) is 18.4. The Kier molecular flexibility index (Phi) is 6.84. The van der Waals surface area contributed by atoms with Gasteiger partial charge in [-0.1, -0.05) is 24.3 Å². The molecule has 1 heterocycles. The molecule has 9 heteroatoms. The topological polar surface area (TPSA) is 99.8 Å². The van der Waals surface area contributed by atoms with Crippen LogP contribution in [0.1, 0.15) is 10.4 Å². The fraction of sp³-hybridized carbons (Fsp3) is 0.160. The van der Waals surface area contributed by atoms with Crippen molar-refractivity contribution in [3.05, 3.63) is 94.4 Å². The van der Waals surface area contributed by atoms with Crippen molar-refractivity contribution in [2.24, 2.45) is 0 Å². The molecule has 1 saturated heterocycles. The van der Waals surface area contributed by atoms with Crippen molar-refractivity contribution in [2.75, 3.05) is 35.7 Å². The summed E-state index contributed by atoms with van der Waals surface area (Å²) in [7, 11) is 1.75. The minimum Gasteiger partial charge on any atom is -0.443 e. The second kappa shape index (κ2) is 10.1. The van der Waals surface area contributed by atoms with Gasteiger partial charge in [-0.3, -0.25) is 14.5 Å². The summed E-state index contributed by atoms with van der Waals surface area (Å²) >= 11 is 0. The van der Waals surface area contributed by atoms with Crippen LogP contribution in [-0.4, -0.2) is 38.2 Å². The van der Waals surface area contributed by atoms with Gasteiger partial charge in [0.1, 0.15) is 11.9 Å². The van der Waals surface area contributed by atoms with Crippen molar-refractivity contribution < 1.29 is 18.7 Å². The minimum absolute atomic E-state index is 0.0285. The first-order valence-corrected chi connectivity index (χ1v) is 10.6. The Morgan fingerprint density at radius 1 is 1.03 bits per heavy atom. The van der Waals surface area contributed by atoms with Gasteiger partial charge in [-0.05, 0) is 55.6 Å². The molecule has 3 aromatic carbocycles. The maximum Gasteiger partial charge on any atom is 0.414 e. The number of ether oxygens (including phenoxy) is 1. The monoisotopic (exact) mass is 462 g/mol. The van der Waals surface area contributed by atoms with Crippen molar-refractivity contribution in [3.63, 3.8) is 0 Å². The first kappa shape index (κ1) is 22.9. The third kappa shape index (κ3) is 5.21. The van der Waals surface area contributed by atoms with E-state index in [1.807, 2.05) is 6.07 Å². The molecule has 1 atom stereocenters. The zero-order chi connectivity index (χ0) is 24.1. The molecule has 3 aromatic rings. The Labute approximate surface area is 195 Å². The molecule has 8 nitrogen and oxygen atoms in total. The molecule has 2 amide bonds. The lowest BCUT2D eigenvalue weighted by molar-refractivity contribution is 0.102. The largest absolute Gasteiger partial charge is 0.443 e. The number of nitrogens with one attached hydrogen (secondary N) is 3. The molecule has 0 spiro atoms. The Morgan fingerprint density at radius 3 is 2.56 bits per heavy atom. The third-order valence-corrected chi connectivity index (χ3v) is 5.22. The number of hydrogen-bond acceptors (Lipinski definition) is 6. The first-order chi connectivity index (χ1) is 16.4. The highest BCUT2D eigenvalue weighted by atomic mass is 19.1. The van der Waals surface area contributed by atoms with Crippen LogP contribution in [0, 0.1) is 5.82 Å². The lowest BCUT2D eigenvalue weighted by Gasteiger charge is -2.15. The summed E-state index contributed by atoms with van der Waals surface area (Å²) in [5, 5.41) is 8.46. The second-order valence-corrected chi connectivity index (χ2v) is 7.69. The number of cyclic esters (lactones) is 1. The molecule has 0 aromatic heterocycles. The number of nitrogens with zero attached hydrogens (tertiary/aromatic N) is 1. The molecule has 1 aliphatic rings. The first-order valence-electron chi connectivity index (χ1n) is 10.6. The molecule has 1 unspecified atom stereocenters. The van der Waals surface area contributed by atoms with E-state index < -0.39 is 23.2 Å². The van der Waals surface area contributed by atoms with E-state index in [0.29, 0.717) is 24.5 Å². The van der Waals surface area contributed by atoms with Gasteiger partial charge in [-0.15, -0.1) is 0 Å². The van der Waals surface area contributed by atoms with Crippen molar-refractivity contribution in [1.29, 1.82) is 0 Å². The van der Waals surface area contributed by atoms with E-state index in [1.165, 1.54) is 41.3 Å². The van der Waals surface area contributed by atoms with E-state index >= 15 is 0 Å². The highest BCUT2D eigenvalue weighted by Crippen LogP contribution is 2.27. The van der Waals surface area contributed by atoms with Gasteiger partial charge in [0.25, 0.3) is 5.91 Å². The van der Waals surface area contributed by atoms with Crippen LogP contribution in [0.2, 0.25) is 0 Å². The summed E-state index contributed by atoms with van der Waals surface area (Å²) in [6.07, 6.45) is -0.877. The van der Waals surface area contributed by atoms with Gasteiger partial charge in [0.15, 0.2) is 0 Å². The SMILES string of the molecule is CNCC1CN(c2ccc(Nc3cc(C(=O)Nc4ccccc4)cccc3=O)c(F)c2)C(=O)O1. The molecule has 0 radical (unpaired) electrons. The van der Waals surface area contributed by atoms with Crippen LogP contribution < -0.4 is 26.3 Å². The lowest BCUT2D eigenvalue weighted by atomic mass is 10.2. The lowest BCUT2D eigenvalue weighted by Crippen LogP contribution is -2.29. The average Bonchev–Trinajstić information content (AvgIpc) is 3.08. The van der Waals surface area contributed by atoms with Crippen molar-refractivity contribution >= 4 is 34.7 Å². The molecular formula is C25H23FN4O4. The third-order valence-electron chi connectivity index (χ3n) is 5.22. The van der Waals surface area contributed by atoms with Crippen LogP contribution >= 0.6 is 0 Å². The van der Waals surface area contributed by atoms with Crippen LogP contribution in [-0.2, 0) is 4.74 Å².